The van der Waals surface area contributed by atoms with Gasteiger partial charge in [0.1, 0.15) is 0 Å². The molecule has 0 aliphatic rings. The Balaban J connectivity index is 2.01. The van der Waals surface area contributed by atoms with E-state index in [0.717, 1.165) is 11.4 Å². The molecule has 0 bridgehead atoms. The van der Waals surface area contributed by atoms with Crippen molar-refractivity contribution >= 4 is 5.78 Å². The first-order valence-corrected chi connectivity index (χ1v) is 6.47. The molecular weight excluding hydrogens is 248 g/mol. The van der Waals surface area contributed by atoms with Crippen molar-refractivity contribution in [1.82, 2.24) is 9.78 Å². The first-order chi connectivity index (χ1) is 9.77. The van der Waals surface area contributed by atoms with Gasteiger partial charge in [-0.1, -0.05) is 48.5 Å². The van der Waals surface area contributed by atoms with Crippen molar-refractivity contribution < 1.29 is 4.79 Å². The van der Waals surface area contributed by atoms with Crippen molar-refractivity contribution in [1.29, 1.82) is 0 Å². The average molecular weight is 262 g/mol. The van der Waals surface area contributed by atoms with E-state index in [4.69, 9.17) is 0 Å². The number of ketones is 1. The van der Waals surface area contributed by atoms with Gasteiger partial charge in [-0.25, -0.2) is 4.68 Å². The molecule has 3 rings (SSSR count). The summed E-state index contributed by atoms with van der Waals surface area (Å²) in [7, 11) is 0. The van der Waals surface area contributed by atoms with Gasteiger partial charge >= 0.3 is 0 Å². The average Bonchev–Trinajstić information content (AvgIpc) is 2.90. The molecule has 0 N–H and O–H groups in total. The molecule has 3 nitrogen and oxygen atoms in total. The Kier molecular flexibility index (Phi) is 3.17. The molecule has 0 aliphatic carbocycles. The Morgan fingerprint density at radius 2 is 1.55 bits per heavy atom. The lowest BCUT2D eigenvalue weighted by Crippen LogP contribution is -2.04. The van der Waals surface area contributed by atoms with Gasteiger partial charge in [-0.3, -0.25) is 4.79 Å². The van der Waals surface area contributed by atoms with Crippen LogP contribution in [0, 0.1) is 6.92 Å². The Morgan fingerprint density at radius 3 is 2.20 bits per heavy atom. The molecule has 0 saturated heterocycles. The van der Waals surface area contributed by atoms with Crippen LogP contribution >= 0.6 is 0 Å². The first kappa shape index (κ1) is 12.4. The molecule has 0 atom stereocenters. The van der Waals surface area contributed by atoms with Crippen LogP contribution in [0.15, 0.2) is 66.9 Å². The molecule has 0 saturated carbocycles. The van der Waals surface area contributed by atoms with E-state index in [-0.39, 0.29) is 5.78 Å². The number of hydrogen-bond donors (Lipinski definition) is 0. The molecule has 3 heteroatoms. The van der Waals surface area contributed by atoms with Crippen molar-refractivity contribution in [3.05, 3.63) is 83.7 Å². The fourth-order valence-corrected chi connectivity index (χ4v) is 2.21. The summed E-state index contributed by atoms with van der Waals surface area (Å²) in [4.78, 5) is 12.5. The highest BCUT2D eigenvalue weighted by atomic mass is 16.1. The second kappa shape index (κ2) is 5.13. The summed E-state index contributed by atoms with van der Waals surface area (Å²) < 4.78 is 1.79. The fourth-order valence-electron chi connectivity index (χ4n) is 2.21. The van der Waals surface area contributed by atoms with E-state index < -0.39 is 0 Å². The van der Waals surface area contributed by atoms with Gasteiger partial charge < -0.3 is 0 Å². The van der Waals surface area contributed by atoms with Gasteiger partial charge in [-0.15, -0.1) is 0 Å². The van der Waals surface area contributed by atoms with E-state index in [9.17, 15) is 4.79 Å². The van der Waals surface area contributed by atoms with Gasteiger partial charge in [0.2, 0.25) is 0 Å². The highest BCUT2D eigenvalue weighted by molar-refractivity contribution is 6.09. The fraction of sp³-hybridized carbons (Fsp3) is 0.0588. The smallest absolute Gasteiger partial charge is 0.196 e. The van der Waals surface area contributed by atoms with E-state index in [1.807, 2.05) is 67.6 Å². The van der Waals surface area contributed by atoms with E-state index in [1.54, 1.807) is 10.9 Å². The number of aromatic nitrogens is 2. The van der Waals surface area contributed by atoms with Crippen LogP contribution in [0.3, 0.4) is 0 Å². The zero-order chi connectivity index (χ0) is 13.9. The summed E-state index contributed by atoms with van der Waals surface area (Å²) in [6.07, 6.45) is 1.64. The van der Waals surface area contributed by atoms with Gasteiger partial charge in [-0.05, 0) is 19.1 Å². The van der Waals surface area contributed by atoms with E-state index in [1.165, 1.54) is 0 Å². The van der Waals surface area contributed by atoms with Crippen LogP contribution in [0.5, 0.6) is 0 Å². The number of para-hydroxylation sites is 1. The lowest BCUT2D eigenvalue weighted by atomic mass is 10.0. The third kappa shape index (κ3) is 2.14. The maximum Gasteiger partial charge on any atom is 0.196 e. The van der Waals surface area contributed by atoms with Gasteiger partial charge in [0.25, 0.3) is 0 Å². The molecule has 0 spiro atoms. The van der Waals surface area contributed by atoms with Crippen molar-refractivity contribution in [2.45, 2.75) is 6.92 Å². The van der Waals surface area contributed by atoms with E-state index in [2.05, 4.69) is 5.10 Å². The minimum Gasteiger partial charge on any atom is -0.288 e. The van der Waals surface area contributed by atoms with Crippen LogP contribution in [0.25, 0.3) is 5.69 Å². The lowest BCUT2D eigenvalue weighted by Gasteiger charge is -2.05. The maximum atomic E-state index is 12.5. The molecule has 3 aromatic rings. The molecule has 98 valence electrons. The number of benzene rings is 2. The summed E-state index contributed by atoms with van der Waals surface area (Å²) >= 11 is 0. The molecule has 0 unspecified atom stereocenters. The molecule has 0 aliphatic heterocycles. The zero-order valence-corrected chi connectivity index (χ0v) is 11.2. The first-order valence-electron chi connectivity index (χ1n) is 6.47. The number of nitrogens with zero attached hydrogens (tertiary/aromatic N) is 2. The van der Waals surface area contributed by atoms with Gasteiger partial charge in [0, 0.05) is 5.56 Å². The van der Waals surface area contributed by atoms with Gasteiger partial charge in [0.15, 0.2) is 5.78 Å². The summed E-state index contributed by atoms with van der Waals surface area (Å²) in [5.74, 6) is 0.00489. The SMILES string of the molecule is Cc1c(C(=O)c2ccccc2)cnn1-c1ccccc1. The molecule has 0 amide bonds. The number of hydrogen-bond acceptors (Lipinski definition) is 2. The molecule has 2 aromatic carbocycles. The van der Waals surface area contributed by atoms with E-state index >= 15 is 0 Å². The Hall–Kier alpha value is -2.68. The molecule has 0 radical (unpaired) electrons. The normalized spacial score (nSPS) is 10.4. The van der Waals surface area contributed by atoms with Crippen molar-refractivity contribution in [2.75, 3.05) is 0 Å². The van der Waals surface area contributed by atoms with Gasteiger partial charge in [0.05, 0.1) is 23.1 Å². The minimum absolute atomic E-state index is 0.00489. The third-order valence-corrected chi connectivity index (χ3v) is 3.29. The summed E-state index contributed by atoms with van der Waals surface area (Å²) in [6.45, 7) is 1.91. The topological polar surface area (TPSA) is 34.9 Å². The van der Waals surface area contributed by atoms with Crippen LogP contribution in [0.2, 0.25) is 0 Å². The van der Waals surface area contributed by atoms with Gasteiger partial charge in [-0.2, -0.15) is 5.10 Å². The maximum absolute atomic E-state index is 12.5. The number of carbonyl (C=O) groups excluding carboxylic acids is 1. The molecule has 20 heavy (non-hydrogen) atoms. The quantitative estimate of drug-likeness (QED) is 0.678. The second-order valence-electron chi connectivity index (χ2n) is 4.59. The second-order valence-corrected chi connectivity index (χ2v) is 4.59. The van der Waals surface area contributed by atoms with Crippen LogP contribution in [-0.4, -0.2) is 15.6 Å². The van der Waals surface area contributed by atoms with Crippen LogP contribution < -0.4 is 0 Å². The highest BCUT2D eigenvalue weighted by Crippen LogP contribution is 2.17. The lowest BCUT2D eigenvalue weighted by molar-refractivity contribution is 0.103. The highest BCUT2D eigenvalue weighted by Gasteiger charge is 2.16. The Bertz CT molecular complexity index is 730. The van der Waals surface area contributed by atoms with Crippen molar-refractivity contribution in [3.63, 3.8) is 0 Å². The Morgan fingerprint density at radius 1 is 0.950 bits per heavy atom. The Labute approximate surface area is 117 Å². The zero-order valence-electron chi connectivity index (χ0n) is 11.2. The van der Waals surface area contributed by atoms with Crippen LogP contribution in [-0.2, 0) is 0 Å². The van der Waals surface area contributed by atoms with Crippen LogP contribution in [0.1, 0.15) is 21.6 Å². The largest absolute Gasteiger partial charge is 0.288 e. The molecule has 1 aromatic heterocycles. The summed E-state index contributed by atoms with van der Waals surface area (Å²) in [5.41, 5.74) is 3.13. The standard InChI is InChI=1S/C17H14N2O/c1-13-16(17(20)14-8-4-2-5-9-14)12-18-19(13)15-10-6-3-7-11-15/h2-12H,1H3. The number of rotatable bonds is 3. The summed E-state index contributed by atoms with van der Waals surface area (Å²) in [5, 5.41) is 4.33. The van der Waals surface area contributed by atoms with Crippen LogP contribution in [0.4, 0.5) is 0 Å². The summed E-state index contributed by atoms with van der Waals surface area (Å²) in [6, 6.07) is 19.1. The predicted octanol–water partition coefficient (Wildman–Crippen LogP) is 3.41. The van der Waals surface area contributed by atoms with Crippen molar-refractivity contribution in [3.8, 4) is 5.69 Å². The minimum atomic E-state index is 0.00489. The number of carbonyl (C=O) groups is 1. The molecule has 0 fully saturated rings. The molecular formula is C17H14N2O. The van der Waals surface area contributed by atoms with Crippen molar-refractivity contribution in [2.24, 2.45) is 0 Å². The third-order valence-electron chi connectivity index (χ3n) is 3.29. The van der Waals surface area contributed by atoms with E-state index in [0.29, 0.717) is 11.1 Å². The predicted molar refractivity (Wildman–Crippen MR) is 78.2 cm³/mol. The monoisotopic (exact) mass is 262 g/mol. The molecule has 1 heterocycles.